The van der Waals surface area contributed by atoms with Crippen molar-refractivity contribution in [1.82, 2.24) is 21.9 Å². The summed E-state index contributed by atoms with van der Waals surface area (Å²) in [6.07, 6.45) is -0.0439. The molecule has 7 nitrogen and oxygen atoms in total. The van der Waals surface area contributed by atoms with Crippen LogP contribution in [-0.2, 0) is 16.6 Å². The Morgan fingerprint density at radius 2 is 1.58 bits per heavy atom. The van der Waals surface area contributed by atoms with E-state index in [1.807, 2.05) is 48.5 Å². The maximum atomic E-state index is 13.0. The van der Waals surface area contributed by atoms with Gasteiger partial charge >= 0.3 is 0 Å². The molecular weight excluding hydrogens is 350 g/mol. The summed E-state index contributed by atoms with van der Waals surface area (Å²) in [4.78, 5) is 0.388. The van der Waals surface area contributed by atoms with E-state index in [1.165, 1.54) is 4.31 Å². The van der Waals surface area contributed by atoms with Gasteiger partial charge in [0.15, 0.2) is 0 Å². The Morgan fingerprint density at radius 3 is 2.31 bits per heavy atom. The van der Waals surface area contributed by atoms with Crippen molar-refractivity contribution in [2.45, 2.75) is 17.6 Å². The van der Waals surface area contributed by atoms with Crippen molar-refractivity contribution in [1.29, 1.82) is 0 Å². The zero-order chi connectivity index (χ0) is 17.7. The SMILES string of the molecule is O=S1(=O)c2cccc3cccc(c23)N1Cc1ccc(C2NNNN2)cc1. The number of anilines is 1. The first-order valence-corrected chi connectivity index (χ1v) is 9.73. The van der Waals surface area contributed by atoms with Gasteiger partial charge in [0.25, 0.3) is 10.0 Å². The number of sulfonamides is 1. The quantitative estimate of drug-likeness (QED) is 0.563. The van der Waals surface area contributed by atoms with E-state index in [4.69, 9.17) is 0 Å². The van der Waals surface area contributed by atoms with Crippen LogP contribution < -0.4 is 26.2 Å². The summed E-state index contributed by atoms with van der Waals surface area (Å²) in [6.45, 7) is 0.304. The standard InChI is InChI=1S/C18H17N5O2S/c24-26(25)16-6-2-4-13-3-1-5-15(17(13)16)23(26)11-12-7-9-14(10-8-12)18-19-21-22-20-18/h1-10,18-22H,11H2. The minimum absolute atomic E-state index is 0.0439. The third-order valence-corrected chi connectivity index (χ3v) is 6.62. The Hall–Kier alpha value is -2.49. The van der Waals surface area contributed by atoms with Gasteiger partial charge in [0.05, 0.1) is 17.1 Å². The summed E-state index contributed by atoms with van der Waals surface area (Å²) in [5, 5.41) is 1.75. The van der Waals surface area contributed by atoms with Crippen LogP contribution in [0, 0.1) is 0 Å². The Labute approximate surface area is 151 Å². The summed E-state index contributed by atoms with van der Waals surface area (Å²) >= 11 is 0. The van der Waals surface area contributed by atoms with Crippen LogP contribution in [-0.4, -0.2) is 8.42 Å². The predicted octanol–water partition coefficient (Wildman–Crippen LogP) is 1.66. The minimum atomic E-state index is -3.53. The first kappa shape index (κ1) is 15.7. The Balaban J connectivity index is 1.50. The van der Waals surface area contributed by atoms with Crippen LogP contribution in [0.25, 0.3) is 10.8 Å². The van der Waals surface area contributed by atoms with E-state index in [2.05, 4.69) is 21.9 Å². The first-order valence-electron chi connectivity index (χ1n) is 8.29. The topological polar surface area (TPSA) is 85.5 Å². The van der Waals surface area contributed by atoms with Crippen molar-refractivity contribution < 1.29 is 8.42 Å². The van der Waals surface area contributed by atoms with Crippen LogP contribution in [0.1, 0.15) is 17.3 Å². The lowest BCUT2D eigenvalue weighted by atomic mass is 10.1. The molecule has 3 aromatic rings. The molecule has 0 amide bonds. The van der Waals surface area contributed by atoms with E-state index in [1.54, 1.807) is 12.1 Å². The number of hydrogen-bond acceptors (Lipinski definition) is 6. The number of rotatable bonds is 3. The molecule has 0 atom stereocenters. The molecule has 0 bridgehead atoms. The summed E-state index contributed by atoms with van der Waals surface area (Å²) in [6, 6.07) is 19.0. The molecule has 0 aliphatic carbocycles. The Kier molecular flexibility index (Phi) is 3.49. The first-order chi connectivity index (χ1) is 12.6. The molecule has 1 fully saturated rings. The van der Waals surface area contributed by atoms with Crippen LogP contribution in [0.4, 0.5) is 5.69 Å². The van der Waals surface area contributed by atoms with Gasteiger partial charge in [0.1, 0.15) is 6.17 Å². The molecular formula is C18H17N5O2S. The lowest BCUT2D eigenvalue weighted by Crippen LogP contribution is -2.33. The number of hydrazine groups is 3. The molecule has 0 aromatic heterocycles. The summed E-state index contributed by atoms with van der Waals surface area (Å²) in [7, 11) is -3.53. The molecule has 0 radical (unpaired) electrons. The fraction of sp³-hybridized carbons (Fsp3) is 0.111. The maximum Gasteiger partial charge on any atom is 0.265 e. The molecule has 2 aliphatic heterocycles. The normalized spacial score (nSPS) is 18.7. The van der Waals surface area contributed by atoms with Gasteiger partial charge < -0.3 is 0 Å². The van der Waals surface area contributed by atoms with Crippen LogP contribution in [0.2, 0.25) is 0 Å². The van der Waals surface area contributed by atoms with Gasteiger partial charge in [-0.3, -0.25) is 4.31 Å². The number of nitrogens with one attached hydrogen (secondary N) is 4. The molecule has 8 heteroatoms. The highest BCUT2D eigenvalue weighted by Crippen LogP contribution is 2.42. The molecule has 1 saturated heterocycles. The smallest absolute Gasteiger partial charge is 0.261 e. The van der Waals surface area contributed by atoms with Crippen molar-refractivity contribution >= 4 is 26.5 Å². The molecule has 132 valence electrons. The van der Waals surface area contributed by atoms with Gasteiger partial charge in [0, 0.05) is 5.39 Å². The van der Waals surface area contributed by atoms with E-state index in [-0.39, 0.29) is 6.17 Å². The zero-order valence-electron chi connectivity index (χ0n) is 13.7. The third kappa shape index (κ3) is 2.32. The van der Waals surface area contributed by atoms with Gasteiger partial charge in [-0.25, -0.2) is 19.3 Å². The number of hydrogen-bond donors (Lipinski definition) is 4. The fourth-order valence-corrected chi connectivity index (χ4v) is 5.23. The van der Waals surface area contributed by atoms with Crippen LogP contribution in [0.5, 0.6) is 0 Å². The molecule has 3 aromatic carbocycles. The van der Waals surface area contributed by atoms with Crippen molar-refractivity contribution in [3.63, 3.8) is 0 Å². The van der Waals surface area contributed by atoms with E-state index in [0.717, 1.165) is 27.6 Å². The lowest BCUT2D eigenvalue weighted by molar-refractivity contribution is 0.554. The highest BCUT2D eigenvalue weighted by atomic mass is 32.2. The van der Waals surface area contributed by atoms with Gasteiger partial charge in [0.2, 0.25) is 0 Å². The molecule has 5 rings (SSSR count). The molecule has 2 heterocycles. The van der Waals surface area contributed by atoms with Crippen molar-refractivity contribution in [2.75, 3.05) is 4.31 Å². The fourth-order valence-electron chi connectivity index (χ4n) is 3.53. The molecule has 0 saturated carbocycles. The second-order valence-corrected chi connectivity index (χ2v) is 8.19. The summed E-state index contributed by atoms with van der Waals surface area (Å²) < 4.78 is 27.6. The average Bonchev–Trinajstić information content (AvgIpc) is 3.26. The van der Waals surface area contributed by atoms with E-state index in [0.29, 0.717) is 11.4 Å². The predicted molar refractivity (Wildman–Crippen MR) is 99.0 cm³/mol. The van der Waals surface area contributed by atoms with Crippen molar-refractivity contribution in [3.8, 4) is 0 Å². The van der Waals surface area contributed by atoms with Crippen molar-refractivity contribution in [3.05, 3.63) is 71.8 Å². The monoisotopic (exact) mass is 367 g/mol. The highest BCUT2D eigenvalue weighted by molar-refractivity contribution is 7.93. The summed E-state index contributed by atoms with van der Waals surface area (Å²) in [5.41, 5.74) is 14.3. The van der Waals surface area contributed by atoms with Crippen LogP contribution in [0.3, 0.4) is 0 Å². The molecule has 2 aliphatic rings. The highest BCUT2D eigenvalue weighted by Gasteiger charge is 2.35. The Morgan fingerprint density at radius 1 is 0.885 bits per heavy atom. The Bertz CT molecular complexity index is 1090. The van der Waals surface area contributed by atoms with Crippen LogP contribution in [0.15, 0.2) is 65.6 Å². The van der Waals surface area contributed by atoms with Gasteiger partial charge in [-0.1, -0.05) is 48.5 Å². The van der Waals surface area contributed by atoms with Crippen LogP contribution >= 0.6 is 0 Å². The number of nitrogens with zero attached hydrogens (tertiary/aromatic N) is 1. The zero-order valence-corrected chi connectivity index (χ0v) is 14.5. The third-order valence-electron chi connectivity index (χ3n) is 4.82. The maximum absolute atomic E-state index is 13.0. The average molecular weight is 367 g/mol. The van der Waals surface area contributed by atoms with Gasteiger partial charge in [-0.05, 0) is 28.6 Å². The molecule has 0 unspecified atom stereocenters. The van der Waals surface area contributed by atoms with E-state index < -0.39 is 10.0 Å². The lowest BCUT2D eigenvalue weighted by Gasteiger charge is -2.19. The largest absolute Gasteiger partial charge is 0.265 e. The van der Waals surface area contributed by atoms with Gasteiger partial charge in [-0.15, -0.1) is 0 Å². The van der Waals surface area contributed by atoms with E-state index in [9.17, 15) is 8.42 Å². The molecule has 4 N–H and O–H groups in total. The summed E-state index contributed by atoms with van der Waals surface area (Å²) in [5.74, 6) is 0. The molecule has 26 heavy (non-hydrogen) atoms. The minimum Gasteiger partial charge on any atom is -0.261 e. The van der Waals surface area contributed by atoms with Crippen molar-refractivity contribution in [2.24, 2.45) is 0 Å². The van der Waals surface area contributed by atoms with E-state index >= 15 is 0 Å². The number of benzene rings is 3. The second kappa shape index (κ2) is 5.76. The molecule has 0 spiro atoms. The van der Waals surface area contributed by atoms with Gasteiger partial charge in [-0.2, -0.15) is 11.1 Å². The second-order valence-electron chi connectivity index (χ2n) is 6.36.